The summed E-state index contributed by atoms with van der Waals surface area (Å²) in [5, 5.41) is 9.87. The number of aromatic hydroxyl groups is 1. The second-order valence-corrected chi connectivity index (χ2v) is 5.62. The van der Waals surface area contributed by atoms with E-state index in [1.54, 1.807) is 13.8 Å². The molecule has 1 N–H and O–H groups in total. The van der Waals surface area contributed by atoms with Crippen LogP contribution in [0.1, 0.15) is 30.9 Å². The van der Waals surface area contributed by atoms with Crippen LogP contribution in [0, 0.1) is 18.7 Å². The number of rotatable bonds is 2. The molecule has 0 bridgehead atoms. The summed E-state index contributed by atoms with van der Waals surface area (Å²) in [5.41, 5.74) is 1.67. The number of alkyl halides is 1. The van der Waals surface area contributed by atoms with Gasteiger partial charge in [0.2, 0.25) is 0 Å². The Morgan fingerprint density at radius 3 is 2.68 bits per heavy atom. The molecule has 0 amide bonds. The van der Waals surface area contributed by atoms with Gasteiger partial charge in [-0.1, -0.05) is 17.7 Å². The molecule has 2 atom stereocenters. The molecule has 1 aliphatic rings. The van der Waals surface area contributed by atoms with Crippen molar-refractivity contribution in [3.8, 4) is 5.75 Å². The number of phenols is 1. The largest absolute Gasteiger partial charge is 0.505 e. The minimum Gasteiger partial charge on any atom is -0.505 e. The van der Waals surface area contributed by atoms with Crippen molar-refractivity contribution in [3.63, 3.8) is 0 Å². The molecule has 2 rings (SSSR count). The first-order chi connectivity index (χ1) is 8.90. The van der Waals surface area contributed by atoms with Crippen molar-refractivity contribution >= 4 is 11.6 Å². The third-order valence-electron chi connectivity index (χ3n) is 3.70. The molecule has 104 valence electrons. The van der Waals surface area contributed by atoms with E-state index in [1.165, 1.54) is 6.07 Å². The molecule has 1 aromatic carbocycles. The summed E-state index contributed by atoms with van der Waals surface area (Å²) in [7, 11) is 0. The maximum absolute atomic E-state index is 13.9. The fourth-order valence-corrected chi connectivity index (χ4v) is 2.79. The first-order valence-corrected chi connectivity index (χ1v) is 6.76. The average Bonchev–Trinajstić information content (AvgIpc) is 2.36. The van der Waals surface area contributed by atoms with Crippen LogP contribution in [0.2, 0.25) is 5.02 Å². The number of benzene rings is 1. The number of phenolic OH excluding ortho intramolecular Hbond substituents is 1. The van der Waals surface area contributed by atoms with E-state index in [2.05, 4.69) is 0 Å². The molecule has 1 aromatic rings. The summed E-state index contributed by atoms with van der Waals surface area (Å²) < 4.78 is 27.3. The summed E-state index contributed by atoms with van der Waals surface area (Å²) in [5.74, 6) is -0.971. The van der Waals surface area contributed by atoms with Crippen LogP contribution in [0.5, 0.6) is 5.75 Å². The summed E-state index contributed by atoms with van der Waals surface area (Å²) in [6, 6.07) is 1.32. The molecule has 4 heteroatoms. The van der Waals surface area contributed by atoms with Crippen LogP contribution in [-0.2, 0) is 6.42 Å². The lowest BCUT2D eigenvalue weighted by molar-refractivity contribution is 0.316. The van der Waals surface area contributed by atoms with E-state index in [0.717, 1.165) is 0 Å². The van der Waals surface area contributed by atoms with Gasteiger partial charge in [-0.05, 0) is 56.2 Å². The standard InChI is InChI=1S/C15H17ClF2O/c1-8-5-10(3-4-12(8)17)7-11-14(16)9(2)6-13(19)15(11)18/h5-6,10,12,19H,3-4,7H2,1-2H3. The highest BCUT2D eigenvalue weighted by atomic mass is 35.5. The lowest BCUT2D eigenvalue weighted by atomic mass is 9.85. The first kappa shape index (κ1) is 14.3. The van der Waals surface area contributed by atoms with Gasteiger partial charge in [-0.3, -0.25) is 0 Å². The Hall–Kier alpha value is -1.09. The van der Waals surface area contributed by atoms with E-state index in [9.17, 15) is 13.9 Å². The van der Waals surface area contributed by atoms with Crippen molar-refractivity contribution < 1.29 is 13.9 Å². The SMILES string of the molecule is CC1=CC(Cc2c(F)c(O)cc(C)c2Cl)CCC1F. The normalized spacial score (nSPS) is 23.3. The Morgan fingerprint density at radius 2 is 2.05 bits per heavy atom. The van der Waals surface area contributed by atoms with E-state index in [4.69, 9.17) is 11.6 Å². The number of halogens is 3. The quantitative estimate of drug-likeness (QED) is 0.779. The molecule has 0 saturated carbocycles. The molecule has 1 aliphatic carbocycles. The molecule has 0 saturated heterocycles. The summed E-state index contributed by atoms with van der Waals surface area (Å²) >= 11 is 6.11. The van der Waals surface area contributed by atoms with Crippen LogP contribution in [0.15, 0.2) is 17.7 Å². The van der Waals surface area contributed by atoms with E-state index < -0.39 is 12.0 Å². The zero-order valence-electron chi connectivity index (χ0n) is 11.0. The van der Waals surface area contributed by atoms with Gasteiger partial charge in [0.1, 0.15) is 6.17 Å². The fraction of sp³-hybridized carbons (Fsp3) is 0.467. The molecule has 19 heavy (non-hydrogen) atoms. The second kappa shape index (κ2) is 5.49. The first-order valence-electron chi connectivity index (χ1n) is 6.39. The molecular formula is C15H17ClF2O. The van der Waals surface area contributed by atoms with Crippen molar-refractivity contribution in [2.75, 3.05) is 0 Å². The lowest BCUT2D eigenvalue weighted by Gasteiger charge is -2.23. The Balaban J connectivity index is 2.30. The van der Waals surface area contributed by atoms with E-state index in [1.807, 2.05) is 6.08 Å². The average molecular weight is 287 g/mol. The number of allylic oxidation sites excluding steroid dienone is 2. The van der Waals surface area contributed by atoms with Gasteiger partial charge in [0, 0.05) is 10.6 Å². The smallest absolute Gasteiger partial charge is 0.169 e. The van der Waals surface area contributed by atoms with Crippen molar-refractivity contribution in [1.29, 1.82) is 0 Å². The summed E-state index contributed by atoms with van der Waals surface area (Å²) in [6.45, 7) is 3.48. The van der Waals surface area contributed by atoms with E-state index in [0.29, 0.717) is 41.0 Å². The topological polar surface area (TPSA) is 20.2 Å². The van der Waals surface area contributed by atoms with Crippen LogP contribution in [0.4, 0.5) is 8.78 Å². The molecule has 0 aromatic heterocycles. The number of aryl methyl sites for hydroxylation is 1. The van der Waals surface area contributed by atoms with Gasteiger partial charge in [-0.2, -0.15) is 0 Å². The van der Waals surface area contributed by atoms with Crippen LogP contribution in [-0.4, -0.2) is 11.3 Å². The molecule has 0 fully saturated rings. The fourth-order valence-electron chi connectivity index (χ4n) is 2.57. The van der Waals surface area contributed by atoms with Crippen molar-refractivity contribution in [3.05, 3.63) is 39.7 Å². The number of hydrogen-bond acceptors (Lipinski definition) is 1. The summed E-state index contributed by atoms with van der Waals surface area (Å²) in [4.78, 5) is 0. The molecule has 0 spiro atoms. The Labute approximate surface area is 116 Å². The lowest BCUT2D eigenvalue weighted by Crippen LogP contribution is -2.16. The Morgan fingerprint density at radius 1 is 1.37 bits per heavy atom. The van der Waals surface area contributed by atoms with E-state index in [-0.39, 0.29) is 11.7 Å². The van der Waals surface area contributed by atoms with Crippen LogP contribution in [0.3, 0.4) is 0 Å². The zero-order valence-corrected chi connectivity index (χ0v) is 11.8. The second-order valence-electron chi connectivity index (χ2n) is 5.24. The highest BCUT2D eigenvalue weighted by Gasteiger charge is 2.23. The third kappa shape index (κ3) is 2.92. The van der Waals surface area contributed by atoms with Gasteiger partial charge in [0.05, 0.1) is 0 Å². The highest BCUT2D eigenvalue weighted by Crippen LogP contribution is 2.35. The molecule has 0 heterocycles. The minimum absolute atomic E-state index is 0.0696. The number of hydrogen-bond donors (Lipinski definition) is 1. The van der Waals surface area contributed by atoms with Gasteiger partial charge in [0.15, 0.2) is 11.6 Å². The molecule has 0 radical (unpaired) electrons. The van der Waals surface area contributed by atoms with E-state index >= 15 is 0 Å². The van der Waals surface area contributed by atoms with Gasteiger partial charge < -0.3 is 5.11 Å². The predicted molar refractivity (Wildman–Crippen MR) is 72.9 cm³/mol. The maximum atomic E-state index is 13.9. The molecule has 1 nitrogen and oxygen atoms in total. The van der Waals surface area contributed by atoms with Crippen molar-refractivity contribution in [2.45, 2.75) is 39.3 Å². The van der Waals surface area contributed by atoms with Gasteiger partial charge in [-0.25, -0.2) is 8.78 Å². The Bertz CT molecular complexity index is 499. The van der Waals surface area contributed by atoms with Crippen LogP contribution < -0.4 is 0 Å². The molecular weight excluding hydrogens is 270 g/mol. The van der Waals surface area contributed by atoms with Crippen molar-refractivity contribution in [2.24, 2.45) is 5.92 Å². The molecule has 0 aliphatic heterocycles. The maximum Gasteiger partial charge on any atom is 0.169 e. The van der Waals surface area contributed by atoms with Crippen LogP contribution >= 0.6 is 11.6 Å². The van der Waals surface area contributed by atoms with Crippen molar-refractivity contribution in [1.82, 2.24) is 0 Å². The Kier molecular flexibility index (Phi) is 4.14. The highest BCUT2D eigenvalue weighted by molar-refractivity contribution is 6.32. The van der Waals surface area contributed by atoms with Gasteiger partial charge >= 0.3 is 0 Å². The predicted octanol–water partition coefficient (Wildman–Crippen LogP) is 4.73. The van der Waals surface area contributed by atoms with Gasteiger partial charge in [-0.15, -0.1) is 0 Å². The minimum atomic E-state index is -0.887. The van der Waals surface area contributed by atoms with Gasteiger partial charge in [0.25, 0.3) is 0 Å². The monoisotopic (exact) mass is 286 g/mol. The summed E-state index contributed by atoms with van der Waals surface area (Å²) in [6.07, 6.45) is 2.49. The molecule has 2 unspecified atom stereocenters. The van der Waals surface area contributed by atoms with Crippen LogP contribution in [0.25, 0.3) is 0 Å². The third-order valence-corrected chi connectivity index (χ3v) is 4.23. The zero-order chi connectivity index (χ0) is 14.2.